The van der Waals surface area contributed by atoms with Crippen molar-refractivity contribution in [1.29, 1.82) is 0 Å². The zero-order valence-electron chi connectivity index (χ0n) is 11.1. The molecule has 1 aromatic heterocycles. The van der Waals surface area contributed by atoms with E-state index in [1.165, 1.54) is 0 Å². The van der Waals surface area contributed by atoms with Gasteiger partial charge in [0.1, 0.15) is 5.75 Å². The topological polar surface area (TPSA) is 74.2 Å². The first kappa shape index (κ1) is 14.0. The SMILES string of the molecule is COc1cc(Br)ccc1-c1nc(C(N)C(C)C)no1. The van der Waals surface area contributed by atoms with Gasteiger partial charge in [0.15, 0.2) is 5.82 Å². The minimum absolute atomic E-state index is 0.237. The normalized spacial score (nSPS) is 12.7. The molecule has 0 spiro atoms. The summed E-state index contributed by atoms with van der Waals surface area (Å²) in [6, 6.07) is 5.37. The Morgan fingerprint density at radius 2 is 2.11 bits per heavy atom. The molecule has 0 aliphatic rings. The Morgan fingerprint density at radius 1 is 1.37 bits per heavy atom. The molecule has 2 N–H and O–H groups in total. The van der Waals surface area contributed by atoms with Gasteiger partial charge < -0.3 is 15.0 Å². The quantitative estimate of drug-likeness (QED) is 0.934. The van der Waals surface area contributed by atoms with Gasteiger partial charge in [-0.15, -0.1) is 0 Å². The summed E-state index contributed by atoms with van der Waals surface area (Å²) in [6.45, 7) is 4.03. The zero-order chi connectivity index (χ0) is 14.0. The molecule has 1 atom stereocenters. The van der Waals surface area contributed by atoms with Crippen LogP contribution in [0.4, 0.5) is 0 Å². The van der Waals surface area contributed by atoms with Crippen molar-refractivity contribution in [3.05, 3.63) is 28.5 Å². The van der Waals surface area contributed by atoms with Gasteiger partial charge in [-0.05, 0) is 24.1 Å². The van der Waals surface area contributed by atoms with E-state index in [2.05, 4.69) is 26.1 Å². The Balaban J connectivity index is 2.38. The largest absolute Gasteiger partial charge is 0.496 e. The van der Waals surface area contributed by atoms with E-state index >= 15 is 0 Å². The molecule has 0 saturated heterocycles. The van der Waals surface area contributed by atoms with E-state index in [0.717, 1.165) is 10.0 Å². The lowest BCUT2D eigenvalue weighted by atomic mass is 10.1. The van der Waals surface area contributed by atoms with E-state index in [1.807, 2.05) is 32.0 Å². The monoisotopic (exact) mass is 325 g/mol. The standard InChI is InChI=1S/C13H16BrN3O2/c1-7(2)11(15)12-16-13(19-17-12)9-5-4-8(14)6-10(9)18-3/h4-7,11H,15H2,1-3H3. The fourth-order valence-electron chi connectivity index (χ4n) is 1.62. The molecule has 1 heterocycles. The van der Waals surface area contributed by atoms with Gasteiger partial charge in [0.05, 0.1) is 18.7 Å². The maximum Gasteiger partial charge on any atom is 0.261 e. The van der Waals surface area contributed by atoms with E-state index in [-0.39, 0.29) is 12.0 Å². The maximum absolute atomic E-state index is 6.00. The first-order chi connectivity index (χ1) is 9.02. The molecule has 1 aromatic carbocycles. The fraction of sp³-hybridized carbons (Fsp3) is 0.385. The highest BCUT2D eigenvalue weighted by Gasteiger charge is 2.19. The summed E-state index contributed by atoms with van der Waals surface area (Å²) in [6.07, 6.45) is 0. The molecular formula is C13H16BrN3O2. The van der Waals surface area contributed by atoms with Crippen molar-refractivity contribution >= 4 is 15.9 Å². The second-order valence-electron chi connectivity index (χ2n) is 4.57. The van der Waals surface area contributed by atoms with Crippen molar-refractivity contribution in [1.82, 2.24) is 10.1 Å². The summed E-state index contributed by atoms with van der Waals surface area (Å²) in [5.41, 5.74) is 6.75. The third-order valence-electron chi connectivity index (χ3n) is 2.85. The van der Waals surface area contributed by atoms with Crippen LogP contribution >= 0.6 is 15.9 Å². The molecule has 0 amide bonds. The van der Waals surface area contributed by atoms with Crippen LogP contribution in [0.15, 0.2) is 27.2 Å². The predicted molar refractivity (Wildman–Crippen MR) is 75.8 cm³/mol. The summed E-state index contributed by atoms with van der Waals surface area (Å²) < 4.78 is 11.5. The predicted octanol–water partition coefficient (Wildman–Crippen LogP) is 3.16. The van der Waals surface area contributed by atoms with E-state index in [4.69, 9.17) is 15.0 Å². The van der Waals surface area contributed by atoms with Crippen molar-refractivity contribution in [2.75, 3.05) is 7.11 Å². The number of methoxy groups -OCH3 is 1. The molecule has 0 aliphatic carbocycles. The summed E-state index contributed by atoms with van der Waals surface area (Å²) in [5, 5.41) is 3.93. The van der Waals surface area contributed by atoms with Crippen LogP contribution in [0.1, 0.15) is 25.7 Å². The molecule has 0 aliphatic heterocycles. The Bertz CT molecular complexity index is 569. The lowest BCUT2D eigenvalue weighted by molar-refractivity contribution is 0.392. The van der Waals surface area contributed by atoms with Gasteiger partial charge in [-0.3, -0.25) is 0 Å². The van der Waals surface area contributed by atoms with Crippen LogP contribution in [0.3, 0.4) is 0 Å². The summed E-state index contributed by atoms with van der Waals surface area (Å²) in [4.78, 5) is 4.34. The Morgan fingerprint density at radius 3 is 2.74 bits per heavy atom. The maximum atomic E-state index is 6.00. The minimum atomic E-state index is -0.237. The van der Waals surface area contributed by atoms with E-state index in [1.54, 1.807) is 7.11 Å². The molecule has 0 fully saturated rings. The molecule has 2 aromatic rings. The first-order valence-corrected chi connectivity index (χ1v) is 6.75. The number of nitrogens with two attached hydrogens (primary N) is 1. The number of benzene rings is 1. The zero-order valence-corrected chi connectivity index (χ0v) is 12.6. The number of hydrogen-bond acceptors (Lipinski definition) is 5. The number of halogens is 1. The number of nitrogens with zero attached hydrogens (tertiary/aromatic N) is 2. The van der Waals surface area contributed by atoms with Gasteiger partial charge >= 0.3 is 0 Å². The number of ether oxygens (including phenoxy) is 1. The molecule has 2 rings (SSSR count). The van der Waals surface area contributed by atoms with Crippen LogP contribution < -0.4 is 10.5 Å². The third kappa shape index (κ3) is 2.96. The van der Waals surface area contributed by atoms with Gasteiger partial charge in [-0.2, -0.15) is 4.98 Å². The van der Waals surface area contributed by atoms with Crippen LogP contribution in [0.5, 0.6) is 5.75 Å². The molecule has 102 valence electrons. The van der Waals surface area contributed by atoms with E-state index in [0.29, 0.717) is 17.5 Å². The molecular weight excluding hydrogens is 310 g/mol. The Hall–Kier alpha value is -1.40. The molecule has 0 saturated carbocycles. The summed E-state index contributed by atoms with van der Waals surface area (Å²) in [5.74, 6) is 1.84. The van der Waals surface area contributed by atoms with E-state index in [9.17, 15) is 0 Å². The van der Waals surface area contributed by atoms with Crippen molar-refractivity contribution < 1.29 is 9.26 Å². The Labute approximate surface area is 120 Å². The van der Waals surface area contributed by atoms with Crippen LogP contribution in [-0.2, 0) is 0 Å². The fourth-order valence-corrected chi connectivity index (χ4v) is 1.96. The molecule has 19 heavy (non-hydrogen) atoms. The van der Waals surface area contributed by atoms with Crippen LogP contribution in [0.2, 0.25) is 0 Å². The Kier molecular flexibility index (Phi) is 4.21. The highest BCUT2D eigenvalue weighted by Crippen LogP contribution is 2.32. The first-order valence-electron chi connectivity index (χ1n) is 5.96. The molecule has 5 nitrogen and oxygen atoms in total. The third-order valence-corrected chi connectivity index (χ3v) is 3.35. The summed E-state index contributed by atoms with van der Waals surface area (Å²) in [7, 11) is 1.60. The van der Waals surface area contributed by atoms with E-state index < -0.39 is 0 Å². The highest BCUT2D eigenvalue weighted by atomic mass is 79.9. The van der Waals surface area contributed by atoms with Crippen LogP contribution in [0, 0.1) is 5.92 Å². The van der Waals surface area contributed by atoms with Gasteiger partial charge in [-0.1, -0.05) is 34.9 Å². The van der Waals surface area contributed by atoms with Crippen molar-refractivity contribution in [3.63, 3.8) is 0 Å². The van der Waals surface area contributed by atoms with Gasteiger partial charge in [-0.25, -0.2) is 0 Å². The number of aromatic nitrogens is 2. The lowest BCUT2D eigenvalue weighted by Crippen LogP contribution is -2.18. The second-order valence-corrected chi connectivity index (χ2v) is 5.49. The number of rotatable bonds is 4. The van der Waals surface area contributed by atoms with Gasteiger partial charge in [0.2, 0.25) is 0 Å². The number of hydrogen-bond donors (Lipinski definition) is 1. The minimum Gasteiger partial charge on any atom is -0.496 e. The lowest BCUT2D eigenvalue weighted by Gasteiger charge is -2.09. The van der Waals surface area contributed by atoms with Crippen LogP contribution in [-0.4, -0.2) is 17.3 Å². The molecule has 6 heteroatoms. The smallest absolute Gasteiger partial charge is 0.261 e. The van der Waals surface area contributed by atoms with Gasteiger partial charge in [0.25, 0.3) is 5.89 Å². The van der Waals surface area contributed by atoms with Gasteiger partial charge in [0, 0.05) is 4.47 Å². The van der Waals surface area contributed by atoms with Crippen molar-refractivity contribution in [2.24, 2.45) is 11.7 Å². The second kappa shape index (κ2) is 5.71. The summed E-state index contributed by atoms with van der Waals surface area (Å²) >= 11 is 3.39. The average molecular weight is 326 g/mol. The molecule has 0 bridgehead atoms. The van der Waals surface area contributed by atoms with Crippen LogP contribution in [0.25, 0.3) is 11.5 Å². The molecule has 0 radical (unpaired) electrons. The highest BCUT2D eigenvalue weighted by molar-refractivity contribution is 9.10. The van der Waals surface area contributed by atoms with Crippen molar-refractivity contribution in [2.45, 2.75) is 19.9 Å². The van der Waals surface area contributed by atoms with Crippen molar-refractivity contribution in [3.8, 4) is 17.2 Å². The average Bonchev–Trinajstić information content (AvgIpc) is 2.86. The molecule has 1 unspecified atom stereocenters.